The lowest BCUT2D eigenvalue weighted by Crippen LogP contribution is -2.43. The number of likely N-dealkylation sites (N-methyl/N-ethyl adjacent to an activating group) is 1. The van der Waals surface area contributed by atoms with Crippen molar-refractivity contribution in [2.75, 3.05) is 33.3 Å². The van der Waals surface area contributed by atoms with Crippen LogP contribution in [0.5, 0.6) is 5.75 Å². The number of aromatic nitrogens is 1. The molecule has 5 nitrogen and oxygen atoms in total. The number of nitrogens with zero attached hydrogens (tertiary/aromatic N) is 3. The average Bonchev–Trinajstić information content (AvgIpc) is 3.20. The van der Waals surface area contributed by atoms with Gasteiger partial charge in [0.15, 0.2) is 0 Å². The molecule has 1 aliphatic rings. The molecule has 1 amide bonds. The predicted molar refractivity (Wildman–Crippen MR) is 122 cm³/mol. The van der Waals surface area contributed by atoms with Gasteiger partial charge in [0.25, 0.3) is 0 Å². The van der Waals surface area contributed by atoms with Crippen LogP contribution in [0.1, 0.15) is 36.3 Å². The molecule has 1 atom stereocenters. The number of benzene rings is 2. The Kier molecular flexibility index (Phi) is 6.65. The molecule has 0 unspecified atom stereocenters. The summed E-state index contributed by atoms with van der Waals surface area (Å²) in [6.45, 7) is 5.44. The lowest BCUT2D eigenvalue weighted by atomic mass is 9.98. The number of hydrogen-bond acceptors (Lipinski definition) is 5. The van der Waals surface area contributed by atoms with Gasteiger partial charge in [0.1, 0.15) is 5.75 Å². The van der Waals surface area contributed by atoms with Gasteiger partial charge in [-0.1, -0.05) is 24.3 Å². The van der Waals surface area contributed by atoms with Gasteiger partial charge in [0, 0.05) is 25.6 Å². The van der Waals surface area contributed by atoms with Crippen LogP contribution >= 0.6 is 11.3 Å². The van der Waals surface area contributed by atoms with E-state index in [2.05, 4.69) is 35.2 Å². The van der Waals surface area contributed by atoms with Gasteiger partial charge in [-0.3, -0.25) is 9.69 Å². The van der Waals surface area contributed by atoms with E-state index in [0.29, 0.717) is 19.1 Å². The Labute approximate surface area is 182 Å². The molecule has 1 fully saturated rings. The molecule has 0 N–H and O–H groups in total. The first-order chi connectivity index (χ1) is 14.6. The molecule has 30 heavy (non-hydrogen) atoms. The van der Waals surface area contributed by atoms with E-state index in [1.807, 2.05) is 37.1 Å². The van der Waals surface area contributed by atoms with Gasteiger partial charge >= 0.3 is 0 Å². The van der Waals surface area contributed by atoms with Crippen LogP contribution in [0.15, 0.2) is 48.5 Å². The minimum Gasteiger partial charge on any atom is -0.494 e. The number of carbonyl (C=O) groups is 1. The average molecular weight is 424 g/mol. The monoisotopic (exact) mass is 423 g/mol. The highest BCUT2D eigenvalue weighted by atomic mass is 32.1. The first-order valence-corrected chi connectivity index (χ1v) is 11.5. The van der Waals surface area contributed by atoms with E-state index in [4.69, 9.17) is 9.72 Å². The summed E-state index contributed by atoms with van der Waals surface area (Å²) < 4.78 is 6.72. The molecule has 2 aromatic carbocycles. The molecule has 1 aliphatic heterocycles. The Morgan fingerprint density at radius 1 is 1.23 bits per heavy atom. The fourth-order valence-electron chi connectivity index (χ4n) is 4.03. The van der Waals surface area contributed by atoms with Gasteiger partial charge in [-0.2, -0.15) is 0 Å². The Hall–Kier alpha value is -2.44. The van der Waals surface area contributed by atoms with E-state index in [9.17, 15) is 4.79 Å². The summed E-state index contributed by atoms with van der Waals surface area (Å²) in [6.07, 6.45) is 2.14. The third-order valence-electron chi connectivity index (χ3n) is 5.53. The maximum absolute atomic E-state index is 12.9. The van der Waals surface area contributed by atoms with Crippen LogP contribution < -0.4 is 4.74 Å². The van der Waals surface area contributed by atoms with Crippen molar-refractivity contribution in [3.63, 3.8) is 0 Å². The van der Waals surface area contributed by atoms with Crippen molar-refractivity contribution >= 4 is 27.5 Å². The van der Waals surface area contributed by atoms with E-state index < -0.39 is 0 Å². The second-order valence-electron chi connectivity index (χ2n) is 7.95. The van der Waals surface area contributed by atoms with Gasteiger partial charge in [-0.15, -0.1) is 11.3 Å². The first-order valence-electron chi connectivity index (χ1n) is 10.7. The Bertz CT molecular complexity index is 953. The first kappa shape index (κ1) is 20.8. The molecule has 0 saturated carbocycles. The highest BCUT2D eigenvalue weighted by Crippen LogP contribution is 2.33. The Morgan fingerprint density at radius 2 is 2.03 bits per heavy atom. The van der Waals surface area contributed by atoms with Gasteiger partial charge in [0.05, 0.1) is 28.4 Å². The van der Waals surface area contributed by atoms with Gasteiger partial charge < -0.3 is 9.64 Å². The smallest absolute Gasteiger partial charge is 0.236 e. The van der Waals surface area contributed by atoms with E-state index >= 15 is 0 Å². The summed E-state index contributed by atoms with van der Waals surface area (Å²) in [6, 6.07) is 16.4. The quantitative estimate of drug-likeness (QED) is 0.560. The van der Waals surface area contributed by atoms with Crippen molar-refractivity contribution in [2.24, 2.45) is 0 Å². The maximum Gasteiger partial charge on any atom is 0.236 e. The third kappa shape index (κ3) is 4.99. The molecule has 2 heterocycles. The van der Waals surface area contributed by atoms with E-state index in [0.717, 1.165) is 48.7 Å². The SMILES string of the molecule is CCOc1ccc(CN(C)CC(=O)N2CCC[C@@H](c3nc4ccccc4s3)C2)cc1. The van der Waals surface area contributed by atoms with Crippen LogP contribution in [0.25, 0.3) is 10.2 Å². The van der Waals surface area contributed by atoms with Crippen LogP contribution in [-0.2, 0) is 11.3 Å². The highest BCUT2D eigenvalue weighted by molar-refractivity contribution is 7.18. The zero-order valence-corrected chi connectivity index (χ0v) is 18.5. The van der Waals surface area contributed by atoms with Crippen LogP contribution in [0.4, 0.5) is 0 Å². The Balaban J connectivity index is 1.33. The summed E-state index contributed by atoms with van der Waals surface area (Å²) in [5, 5.41) is 1.16. The highest BCUT2D eigenvalue weighted by Gasteiger charge is 2.27. The minimum atomic E-state index is 0.203. The van der Waals surface area contributed by atoms with Crippen LogP contribution in [-0.4, -0.2) is 54.0 Å². The number of ether oxygens (including phenoxy) is 1. The lowest BCUT2D eigenvalue weighted by Gasteiger charge is -2.33. The number of fused-ring (bicyclic) bond motifs is 1. The topological polar surface area (TPSA) is 45.7 Å². The standard InChI is InChI=1S/C24H29N3O2S/c1-3-29-20-12-10-18(11-13-20)15-26(2)17-23(28)27-14-6-7-19(16-27)24-25-21-8-4-5-9-22(21)30-24/h4-5,8-13,19H,3,6-7,14-17H2,1-2H3/t19-/m1/s1. The van der Waals surface area contributed by atoms with Crippen LogP contribution in [0, 0.1) is 0 Å². The maximum atomic E-state index is 12.9. The third-order valence-corrected chi connectivity index (χ3v) is 6.72. The van der Waals surface area contributed by atoms with E-state index in [1.165, 1.54) is 10.3 Å². The van der Waals surface area contributed by atoms with Crippen molar-refractivity contribution in [2.45, 2.75) is 32.2 Å². The van der Waals surface area contributed by atoms with Gasteiger partial charge in [-0.25, -0.2) is 4.98 Å². The summed E-state index contributed by atoms with van der Waals surface area (Å²) >= 11 is 1.77. The van der Waals surface area contributed by atoms with Gasteiger partial charge in [0.2, 0.25) is 5.91 Å². The molecule has 4 rings (SSSR count). The van der Waals surface area contributed by atoms with Crippen LogP contribution in [0.3, 0.4) is 0 Å². The molecule has 1 aromatic heterocycles. The number of likely N-dealkylation sites (tertiary alicyclic amines) is 1. The van der Waals surface area contributed by atoms with Crippen molar-refractivity contribution in [1.29, 1.82) is 0 Å². The van der Waals surface area contributed by atoms with Crippen molar-refractivity contribution < 1.29 is 9.53 Å². The summed E-state index contributed by atoms with van der Waals surface area (Å²) in [7, 11) is 2.00. The fraction of sp³-hybridized carbons (Fsp3) is 0.417. The zero-order chi connectivity index (χ0) is 20.9. The number of thiazole rings is 1. The number of hydrogen-bond donors (Lipinski definition) is 0. The molecule has 158 valence electrons. The zero-order valence-electron chi connectivity index (χ0n) is 17.7. The largest absolute Gasteiger partial charge is 0.494 e. The van der Waals surface area contributed by atoms with E-state index in [-0.39, 0.29) is 5.91 Å². The fourth-order valence-corrected chi connectivity index (χ4v) is 5.12. The van der Waals surface area contributed by atoms with E-state index in [1.54, 1.807) is 11.3 Å². The molecule has 1 saturated heterocycles. The second kappa shape index (κ2) is 9.58. The molecule has 6 heteroatoms. The second-order valence-corrected chi connectivity index (χ2v) is 9.01. The molecule has 0 aliphatic carbocycles. The van der Waals surface area contributed by atoms with Crippen LogP contribution in [0.2, 0.25) is 0 Å². The molecular weight excluding hydrogens is 394 g/mol. The number of amides is 1. The number of rotatable bonds is 7. The Morgan fingerprint density at radius 3 is 2.80 bits per heavy atom. The number of para-hydroxylation sites is 1. The summed E-state index contributed by atoms with van der Waals surface area (Å²) in [4.78, 5) is 21.9. The molecule has 3 aromatic rings. The van der Waals surface area contributed by atoms with Crippen molar-refractivity contribution in [3.8, 4) is 5.75 Å². The molecular formula is C24H29N3O2S. The molecule has 0 spiro atoms. The normalized spacial score (nSPS) is 16.9. The van der Waals surface area contributed by atoms with Crippen molar-refractivity contribution in [3.05, 3.63) is 59.1 Å². The predicted octanol–water partition coefficient (Wildman–Crippen LogP) is 4.53. The number of carbonyl (C=O) groups excluding carboxylic acids is 1. The molecule has 0 radical (unpaired) electrons. The number of piperidine rings is 1. The lowest BCUT2D eigenvalue weighted by molar-refractivity contribution is -0.133. The summed E-state index contributed by atoms with van der Waals surface area (Å²) in [5.41, 5.74) is 2.25. The van der Waals surface area contributed by atoms with Gasteiger partial charge in [-0.05, 0) is 56.6 Å². The minimum absolute atomic E-state index is 0.203. The molecule has 0 bridgehead atoms. The van der Waals surface area contributed by atoms with Crippen molar-refractivity contribution in [1.82, 2.24) is 14.8 Å². The summed E-state index contributed by atoms with van der Waals surface area (Å²) in [5.74, 6) is 1.43.